The normalized spacial score (nSPS) is 29.8. The summed E-state index contributed by atoms with van der Waals surface area (Å²) in [6.45, 7) is 10.4. The average molecular weight is 245 g/mol. The highest BCUT2D eigenvalue weighted by atomic mass is 16.7. The zero-order valence-corrected chi connectivity index (χ0v) is 11.6. The fourth-order valence-electron chi connectivity index (χ4n) is 2.37. The Bertz CT molecular complexity index is 185. The number of ether oxygens (including phenoxy) is 3. The Balaban J connectivity index is 2.27. The third-order valence-electron chi connectivity index (χ3n) is 2.98. The molecule has 4 nitrogen and oxygen atoms in total. The lowest BCUT2D eigenvalue weighted by Gasteiger charge is -2.33. The van der Waals surface area contributed by atoms with Crippen LogP contribution in [0.2, 0.25) is 0 Å². The summed E-state index contributed by atoms with van der Waals surface area (Å²) < 4.78 is 16.7. The lowest BCUT2D eigenvalue weighted by Crippen LogP contribution is -2.44. The monoisotopic (exact) mass is 245 g/mol. The minimum absolute atomic E-state index is 0.126. The smallest absolute Gasteiger partial charge is 0.169 e. The Morgan fingerprint density at radius 2 is 1.65 bits per heavy atom. The van der Waals surface area contributed by atoms with Crippen LogP contribution in [0.1, 0.15) is 40.5 Å². The molecule has 0 aromatic heterocycles. The van der Waals surface area contributed by atoms with Crippen molar-refractivity contribution < 1.29 is 14.2 Å². The predicted octanol–water partition coefficient (Wildman–Crippen LogP) is 1.93. The zero-order valence-electron chi connectivity index (χ0n) is 11.6. The molecule has 1 aliphatic heterocycles. The molecule has 1 N–H and O–H groups in total. The Morgan fingerprint density at radius 1 is 1.12 bits per heavy atom. The second-order valence-electron chi connectivity index (χ2n) is 4.67. The van der Waals surface area contributed by atoms with Gasteiger partial charge in [-0.1, -0.05) is 0 Å². The van der Waals surface area contributed by atoms with Crippen LogP contribution in [0, 0.1) is 0 Å². The summed E-state index contributed by atoms with van der Waals surface area (Å²) in [4.78, 5) is 0. The van der Waals surface area contributed by atoms with Gasteiger partial charge >= 0.3 is 0 Å². The zero-order chi connectivity index (χ0) is 12.7. The van der Waals surface area contributed by atoms with Crippen molar-refractivity contribution in [1.82, 2.24) is 5.32 Å². The molecule has 2 atom stereocenters. The van der Waals surface area contributed by atoms with Crippen molar-refractivity contribution in [3.8, 4) is 0 Å². The van der Waals surface area contributed by atoms with Gasteiger partial charge in [0.15, 0.2) is 6.29 Å². The fraction of sp³-hybridized carbons (Fsp3) is 1.00. The second-order valence-corrected chi connectivity index (χ2v) is 4.67. The Morgan fingerprint density at radius 3 is 2.12 bits per heavy atom. The Hall–Kier alpha value is -0.160. The highest BCUT2D eigenvalue weighted by Crippen LogP contribution is 2.18. The summed E-state index contributed by atoms with van der Waals surface area (Å²) in [5.41, 5.74) is 0. The van der Waals surface area contributed by atoms with E-state index in [4.69, 9.17) is 14.2 Å². The molecule has 2 unspecified atom stereocenters. The molecule has 0 saturated carbocycles. The van der Waals surface area contributed by atoms with Crippen molar-refractivity contribution in [3.63, 3.8) is 0 Å². The van der Waals surface area contributed by atoms with Crippen LogP contribution in [0.4, 0.5) is 0 Å². The summed E-state index contributed by atoms with van der Waals surface area (Å²) in [6, 6.07) is 0.511. The lowest BCUT2D eigenvalue weighted by molar-refractivity contribution is -0.136. The van der Waals surface area contributed by atoms with Crippen molar-refractivity contribution in [3.05, 3.63) is 0 Å². The van der Waals surface area contributed by atoms with Crippen molar-refractivity contribution in [1.29, 1.82) is 0 Å². The van der Waals surface area contributed by atoms with Crippen LogP contribution < -0.4 is 5.32 Å². The first-order chi connectivity index (χ1) is 8.15. The van der Waals surface area contributed by atoms with Crippen LogP contribution in [0.5, 0.6) is 0 Å². The first-order valence-corrected chi connectivity index (χ1v) is 6.77. The SMILES string of the molecule is CCOC(CNC1CC(C)OC(C)C1)OCC. The van der Waals surface area contributed by atoms with E-state index in [1.54, 1.807) is 0 Å². The van der Waals surface area contributed by atoms with E-state index in [0.29, 0.717) is 31.5 Å². The van der Waals surface area contributed by atoms with Crippen molar-refractivity contribution in [2.24, 2.45) is 0 Å². The van der Waals surface area contributed by atoms with Crippen LogP contribution >= 0.6 is 0 Å². The van der Waals surface area contributed by atoms with Gasteiger partial charge in [-0.25, -0.2) is 0 Å². The molecule has 0 aliphatic carbocycles. The number of hydrogen-bond acceptors (Lipinski definition) is 4. The summed E-state index contributed by atoms with van der Waals surface area (Å²) in [5, 5.41) is 3.52. The van der Waals surface area contributed by atoms with Gasteiger partial charge in [0.05, 0.1) is 12.2 Å². The molecule has 1 fully saturated rings. The standard InChI is InChI=1S/C13H27NO3/c1-5-15-13(16-6-2)9-14-12-7-10(3)17-11(4)8-12/h10-14H,5-9H2,1-4H3. The predicted molar refractivity (Wildman–Crippen MR) is 68.1 cm³/mol. The van der Waals surface area contributed by atoms with Gasteiger partial charge in [-0.3, -0.25) is 0 Å². The minimum Gasteiger partial charge on any atom is -0.375 e. The van der Waals surface area contributed by atoms with E-state index in [1.807, 2.05) is 13.8 Å². The average Bonchev–Trinajstić information content (AvgIpc) is 2.25. The van der Waals surface area contributed by atoms with Crippen molar-refractivity contribution >= 4 is 0 Å². The van der Waals surface area contributed by atoms with Crippen molar-refractivity contribution in [2.45, 2.75) is 65.1 Å². The molecule has 0 spiro atoms. The third kappa shape index (κ3) is 5.82. The molecular formula is C13H27NO3. The van der Waals surface area contributed by atoms with Crippen LogP contribution in [0.25, 0.3) is 0 Å². The van der Waals surface area contributed by atoms with E-state index >= 15 is 0 Å². The van der Waals surface area contributed by atoms with Gasteiger partial charge in [0.2, 0.25) is 0 Å². The van der Waals surface area contributed by atoms with E-state index in [-0.39, 0.29) is 6.29 Å². The molecular weight excluding hydrogens is 218 g/mol. The minimum atomic E-state index is -0.126. The van der Waals surface area contributed by atoms with E-state index in [2.05, 4.69) is 19.2 Å². The molecule has 0 aromatic rings. The molecule has 0 bridgehead atoms. The number of nitrogens with one attached hydrogen (secondary N) is 1. The molecule has 1 heterocycles. The molecule has 0 aromatic carbocycles. The highest BCUT2D eigenvalue weighted by molar-refractivity contribution is 4.78. The maximum absolute atomic E-state index is 5.72. The lowest BCUT2D eigenvalue weighted by atomic mass is 10.00. The second kappa shape index (κ2) is 8.03. The molecule has 0 amide bonds. The summed E-state index contributed by atoms with van der Waals surface area (Å²) in [5.74, 6) is 0. The molecule has 1 saturated heterocycles. The first-order valence-electron chi connectivity index (χ1n) is 6.77. The van der Waals surface area contributed by atoms with Crippen LogP contribution in [-0.2, 0) is 14.2 Å². The van der Waals surface area contributed by atoms with Gasteiger partial charge in [0.25, 0.3) is 0 Å². The maximum Gasteiger partial charge on any atom is 0.169 e. The number of rotatable bonds is 7. The van der Waals surface area contributed by atoms with Gasteiger partial charge < -0.3 is 19.5 Å². The maximum atomic E-state index is 5.72. The molecule has 102 valence electrons. The third-order valence-corrected chi connectivity index (χ3v) is 2.98. The van der Waals surface area contributed by atoms with Crippen LogP contribution in [0.3, 0.4) is 0 Å². The van der Waals surface area contributed by atoms with E-state index in [9.17, 15) is 0 Å². The van der Waals surface area contributed by atoms with Gasteiger partial charge in [-0.05, 0) is 40.5 Å². The van der Waals surface area contributed by atoms with Gasteiger partial charge in [0, 0.05) is 25.8 Å². The quantitative estimate of drug-likeness (QED) is 0.696. The summed E-state index contributed by atoms with van der Waals surface area (Å²) in [6.07, 6.45) is 2.69. The molecule has 1 aliphatic rings. The van der Waals surface area contributed by atoms with Gasteiger partial charge in [-0.2, -0.15) is 0 Å². The summed E-state index contributed by atoms with van der Waals surface area (Å²) >= 11 is 0. The first kappa shape index (κ1) is 14.9. The fourth-order valence-corrected chi connectivity index (χ4v) is 2.37. The van der Waals surface area contributed by atoms with Crippen LogP contribution in [-0.4, -0.2) is 44.3 Å². The molecule has 4 heteroatoms. The summed E-state index contributed by atoms with van der Waals surface area (Å²) in [7, 11) is 0. The van der Waals surface area contributed by atoms with Gasteiger partial charge in [-0.15, -0.1) is 0 Å². The molecule has 1 rings (SSSR count). The number of hydrogen-bond donors (Lipinski definition) is 1. The van der Waals surface area contributed by atoms with E-state index in [0.717, 1.165) is 19.4 Å². The van der Waals surface area contributed by atoms with E-state index < -0.39 is 0 Å². The highest BCUT2D eigenvalue weighted by Gasteiger charge is 2.24. The molecule has 0 radical (unpaired) electrons. The largest absolute Gasteiger partial charge is 0.375 e. The van der Waals surface area contributed by atoms with Crippen LogP contribution in [0.15, 0.2) is 0 Å². The van der Waals surface area contributed by atoms with Crippen molar-refractivity contribution in [2.75, 3.05) is 19.8 Å². The Kier molecular flexibility index (Phi) is 7.04. The van der Waals surface area contributed by atoms with E-state index in [1.165, 1.54) is 0 Å². The van der Waals surface area contributed by atoms with Gasteiger partial charge in [0.1, 0.15) is 0 Å². The Labute approximate surface area is 105 Å². The topological polar surface area (TPSA) is 39.7 Å². The molecule has 17 heavy (non-hydrogen) atoms.